The summed E-state index contributed by atoms with van der Waals surface area (Å²) >= 11 is 0. The Bertz CT molecular complexity index is 399. The number of benzene rings is 1. The number of carbonyl (C=O) groups is 1. The van der Waals surface area contributed by atoms with Gasteiger partial charge in [0.05, 0.1) is 6.04 Å². The third kappa shape index (κ3) is 2.41. The van der Waals surface area contributed by atoms with Crippen LogP contribution in [0.2, 0.25) is 0 Å². The van der Waals surface area contributed by atoms with Gasteiger partial charge in [0.25, 0.3) is 0 Å². The van der Waals surface area contributed by atoms with Gasteiger partial charge < -0.3 is 4.90 Å². The number of rotatable bonds is 4. The van der Waals surface area contributed by atoms with Crippen molar-refractivity contribution in [1.29, 1.82) is 0 Å². The first-order chi connectivity index (χ1) is 8.24. The van der Waals surface area contributed by atoms with E-state index in [0.717, 1.165) is 12.8 Å². The topological polar surface area (TPSA) is 20.3 Å². The van der Waals surface area contributed by atoms with Crippen molar-refractivity contribution in [3.8, 4) is 0 Å². The lowest BCUT2D eigenvalue weighted by Gasteiger charge is -2.30. The molecule has 0 spiro atoms. The second kappa shape index (κ2) is 5.17. The maximum absolute atomic E-state index is 12.0. The minimum Gasteiger partial charge on any atom is -0.333 e. The first-order valence-electron chi connectivity index (χ1n) is 6.21. The van der Waals surface area contributed by atoms with E-state index in [0.29, 0.717) is 12.5 Å². The second-order valence-electron chi connectivity index (χ2n) is 4.60. The molecule has 2 nitrogen and oxygen atoms in total. The van der Waals surface area contributed by atoms with Crippen LogP contribution in [0.3, 0.4) is 0 Å². The van der Waals surface area contributed by atoms with Crippen LogP contribution in [0.4, 0.5) is 0 Å². The molecule has 1 aromatic rings. The summed E-state index contributed by atoms with van der Waals surface area (Å²) in [6.45, 7) is 5.88. The Hall–Kier alpha value is -1.57. The average Bonchev–Trinajstić information content (AvgIpc) is 2.71. The van der Waals surface area contributed by atoms with Gasteiger partial charge in [-0.25, -0.2) is 0 Å². The van der Waals surface area contributed by atoms with E-state index >= 15 is 0 Å². The molecule has 0 aromatic heterocycles. The zero-order valence-corrected chi connectivity index (χ0v) is 10.3. The van der Waals surface area contributed by atoms with E-state index in [9.17, 15) is 4.79 Å². The van der Waals surface area contributed by atoms with Crippen LogP contribution < -0.4 is 0 Å². The second-order valence-corrected chi connectivity index (χ2v) is 4.60. The van der Waals surface area contributed by atoms with Crippen LogP contribution >= 0.6 is 0 Å². The van der Waals surface area contributed by atoms with E-state index < -0.39 is 0 Å². The van der Waals surface area contributed by atoms with Gasteiger partial charge in [-0.1, -0.05) is 36.4 Å². The molecule has 0 radical (unpaired) electrons. The Kier molecular flexibility index (Phi) is 3.62. The zero-order chi connectivity index (χ0) is 12.3. The number of carbonyl (C=O) groups excluding carboxylic acids is 1. The van der Waals surface area contributed by atoms with Crippen molar-refractivity contribution in [2.75, 3.05) is 0 Å². The highest BCUT2D eigenvalue weighted by Crippen LogP contribution is 2.31. The van der Waals surface area contributed by atoms with Crippen LogP contribution in [-0.4, -0.2) is 16.8 Å². The third-order valence-electron chi connectivity index (χ3n) is 3.51. The summed E-state index contributed by atoms with van der Waals surface area (Å²) in [6, 6.07) is 10.7. The first kappa shape index (κ1) is 11.9. The lowest BCUT2D eigenvalue weighted by Crippen LogP contribution is -2.35. The van der Waals surface area contributed by atoms with Gasteiger partial charge in [0.15, 0.2) is 0 Å². The van der Waals surface area contributed by atoms with Gasteiger partial charge in [0.1, 0.15) is 0 Å². The Morgan fingerprint density at radius 1 is 1.47 bits per heavy atom. The number of nitrogens with zero attached hydrogens (tertiary/aromatic N) is 1. The lowest BCUT2D eigenvalue weighted by molar-refractivity contribution is -0.131. The van der Waals surface area contributed by atoms with Crippen molar-refractivity contribution in [3.05, 3.63) is 48.6 Å². The smallest absolute Gasteiger partial charge is 0.223 e. The molecule has 1 amide bonds. The average molecular weight is 229 g/mol. The van der Waals surface area contributed by atoms with Gasteiger partial charge >= 0.3 is 0 Å². The van der Waals surface area contributed by atoms with E-state index in [2.05, 4.69) is 25.6 Å². The summed E-state index contributed by atoms with van der Waals surface area (Å²) in [6.07, 6.45) is 4.44. The van der Waals surface area contributed by atoms with E-state index in [4.69, 9.17) is 0 Å². The van der Waals surface area contributed by atoms with Crippen molar-refractivity contribution in [3.63, 3.8) is 0 Å². The molecule has 1 heterocycles. The van der Waals surface area contributed by atoms with Crippen molar-refractivity contribution in [2.45, 2.75) is 38.3 Å². The molecule has 0 bridgehead atoms. The van der Waals surface area contributed by atoms with Crippen LogP contribution in [0.5, 0.6) is 0 Å². The van der Waals surface area contributed by atoms with E-state index in [1.165, 1.54) is 5.56 Å². The van der Waals surface area contributed by atoms with Gasteiger partial charge in [-0.05, 0) is 25.3 Å². The molecule has 2 rings (SSSR count). The molecular weight excluding hydrogens is 210 g/mol. The molecule has 0 aliphatic carbocycles. The van der Waals surface area contributed by atoms with Crippen LogP contribution in [0.25, 0.3) is 0 Å². The van der Waals surface area contributed by atoms with E-state index in [1.54, 1.807) is 0 Å². The minimum absolute atomic E-state index is 0.163. The molecule has 90 valence electrons. The Morgan fingerprint density at radius 3 is 2.82 bits per heavy atom. The van der Waals surface area contributed by atoms with Crippen LogP contribution in [0, 0.1) is 0 Å². The summed E-state index contributed by atoms with van der Waals surface area (Å²) < 4.78 is 0. The molecule has 1 fully saturated rings. The predicted octanol–water partition coefficient (Wildman–Crippen LogP) is 3.31. The van der Waals surface area contributed by atoms with Crippen molar-refractivity contribution in [1.82, 2.24) is 4.90 Å². The highest BCUT2D eigenvalue weighted by molar-refractivity contribution is 5.79. The first-order valence-corrected chi connectivity index (χ1v) is 6.21. The molecule has 1 aromatic carbocycles. The Morgan fingerprint density at radius 2 is 2.18 bits per heavy atom. The molecule has 2 atom stereocenters. The third-order valence-corrected chi connectivity index (χ3v) is 3.51. The maximum atomic E-state index is 12.0. The molecular formula is C15H19NO. The standard InChI is InChI=1S/C15H19NO/c1-3-7-14-10-11-15(17)16(14)12(2)13-8-5-4-6-9-13/h3-6,8-9,12,14H,1,7,10-11H2,2H3/t12-,14-/m0/s1. The van der Waals surface area contributed by atoms with Gasteiger partial charge in [-0.3, -0.25) is 4.79 Å². The van der Waals surface area contributed by atoms with Gasteiger partial charge in [-0.15, -0.1) is 6.58 Å². The summed E-state index contributed by atoms with van der Waals surface area (Å²) in [5, 5.41) is 0. The summed E-state index contributed by atoms with van der Waals surface area (Å²) in [7, 11) is 0. The van der Waals surface area contributed by atoms with E-state index in [-0.39, 0.29) is 11.9 Å². The number of likely N-dealkylation sites (tertiary alicyclic amines) is 1. The quantitative estimate of drug-likeness (QED) is 0.725. The highest BCUT2D eigenvalue weighted by atomic mass is 16.2. The largest absolute Gasteiger partial charge is 0.333 e. The minimum atomic E-state index is 0.163. The fraction of sp³-hybridized carbons (Fsp3) is 0.400. The summed E-state index contributed by atoms with van der Waals surface area (Å²) in [4.78, 5) is 14.0. The van der Waals surface area contributed by atoms with Crippen molar-refractivity contribution in [2.24, 2.45) is 0 Å². The number of hydrogen-bond donors (Lipinski definition) is 0. The monoisotopic (exact) mass is 229 g/mol. The maximum Gasteiger partial charge on any atom is 0.223 e. The normalized spacial score (nSPS) is 21.6. The number of amides is 1. The van der Waals surface area contributed by atoms with Crippen LogP contribution in [-0.2, 0) is 4.79 Å². The summed E-state index contributed by atoms with van der Waals surface area (Å²) in [5.41, 5.74) is 1.21. The molecule has 17 heavy (non-hydrogen) atoms. The zero-order valence-electron chi connectivity index (χ0n) is 10.3. The van der Waals surface area contributed by atoms with Gasteiger partial charge in [0, 0.05) is 12.5 Å². The predicted molar refractivity (Wildman–Crippen MR) is 69.5 cm³/mol. The van der Waals surface area contributed by atoms with Crippen LogP contribution in [0.1, 0.15) is 37.8 Å². The fourth-order valence-electron chi connectivity index (χ4n) is 2.61. The van der Waals surface area contributed by atoms with Crippen molar-refractivity contribution < 1.29 is 4.79 Å². The molecule has 1 aliphatic heterocycles. The van der Waals surface area contributed by atoms with Crippen LogP contribution in [0.15, 0.2) is 43.0 Å². The summed E-state index contributed by atoms with van der Waals surface area (Å²) in [5.74, 6) is 0.271. The Balaban J connectivity index is 2.19. The fourth-order valence-corrected chi connectivity index (χ4v) is 2.61. The molecule has 1 saturated heterocycles. The molecule has 0 N–H and O–H groups in total. The van der Waals surface area contributed by atoms with E-state index in [1.807, 2.05) is 29.2 Å². The number of hydrogen-bond acceptors (Lipinski definition) is 1. The van der Waals surface area contributed by atoms with Crippen molar-refractivity contribution >= 4 is 5.91 Å². The molecule has 2 heteroatoms. The highest BCUT2D eigenvalue weighted by Gasteiger charge is 2.33. The molecule has 0 unspecified atom stereocenters. The lowest BCUT2D eigenvalue weighted by atomic mass is 10.0. The van der Waals surface area contributed by atoms with Gasteiger partial charge in [0.2, 0.25) is 5.91 Å². The molecule has 0 saturated carbocycles. The SMILES string of the molecule is C=CC[C@H]1CCC(=O)N1[C@@H](C)c1ccccc1. The van der Waals surface area contributed by atoms with Gasteiger partial charge in [-0.2, -0.15) is 0 Å². The molecule has 1 aliphatic rings. The Labute approximate surface area is 103 Å².